The van der Waals surface area contributed by atoms with Crippen LogP contribution >= 0.6 is 11.8 Å². The minimum atomic E-state index is -4.55. The van der Waals surface area contributed by atoms with Crippen LogP contribution in [0.5, 0.6) is 0 Å². The van der Waals surface area contributed by atoms with Crippen LogP contribution in [0.1, 0.15) is 35.8 Å². The average Bonchev–Trinajstić information content (AvgIpc) is 3.38. The first-order chi connectivity index (χ1) is 16.8. The lowest BCUT2D eigenvalue weighted by molar-refractivity contribution is -0.143. The Morgan fingerprint density at radius 1 is 1.06 bits per heavy atom. The molecule has 180 valence electrons. The number of halogens is 3. The normalized spacial score (nSPS) is 19.4. The number of H-pyrrole nitrogens is 1. The first kappa shape index (κ1) is 22.2. The van der Waals surface area contributed by atoms with Gasteiger partial charge in [0.1, 0.15) is 5.03 Å². The van der Waals surface area contributed by atoms with E-state index in [2.05, 4.69) is 40.9 Å². The van der Waals surface area contributed by atoms with Crippen molar-refractivity contribution in [1.29, 1.82) is 0 Å². The van der Waals surface area contributed by atoms with Crippen LogP contribution in [0.25, 0.3) is 11.3 Å². The molecule has 2 aliphatic rings. The van der Waals surface area contributed by atoms with Gasteiger partial charge in [-0.1, -0.05) is 17.8 Å². The summed E-state index contributed by atoms with van der Waals surface area (Å²) in [6, 6.07) is 6.81. The monoisotopic (exact) mass is 498 g/mol. The molecular formula is C23H21F3N8S. The fraction of sp³-hybridized carbons (Fsp3) is 0.348. The van der Waals surface area contributed by atoms with Crippen molar-refractivity contribution in [2.24, 2.45) is 11.1 Å². The molecule has 5 heterocycles. The Labute approximate surface area is 202 Å². The smallest absolute Gasteiger partial charge is 0.342 e. The van der Waals surface area contributed by atoms with E-state index >= 15 is 0 Å². The number of hydrogen-bond acceptors (Lipinski definition) is 8. The summed E-state index contributed by atoms with van der Waals surface area (Å²) < 4.78 is 39.8. The van der Waals surface area contributed by atoms with Gasteiger partial charge in [0, 0.05) is 42.1 Å². The highest BCUT2D eigenvalue weighted by atomic mass is 32.2. The minimum Gasteiger partial charge on any atom is -0.342 e. The molecular weight excluding hydrogens is 477 g/mol. The molecule has 6 rings (SSSR count). The maximum Gasteiger partial charge on any atom is 0.434 e. The number of hydrogen-bond donors (Lipinski definition) is 2. The molecule has 35 heavy (non-hydrogen) atoms. The predicted octanol–water partition coefficient (Wildman–Crippen LogP) is 4.16. The van der Waals surface area contributed by atoms with Crippen LogP contribution in [-0.2, 0) is 12.6 Å². The molecule has 0 unspecified atom stereocenters. The summed E-state index contributed by atoms with van der Waals surface area (Å²) in [5, 5.41) is 0.314. The number of nitrogens with zero attached hydrogens (tertiary/aromatic N) is 6. The minimum absolute atomic E-state index is 0.000574. The highest BCUT2D eigenvalue weighted by Gasteiger charge is 2.46. The molecule has 8 nitrogen and oxygen atoms in total. The molecule has 1 spiro atoms. The molecule has 12 heteroatoms. The summed E-state index contributed by atoms with van der Waals surface area (Å²) in [5.41, 5.74) is 8.78. The fourth-order valence-electron chi connectivity index (χ4n) is 5.07. The Kier molecular flexibility index (Phi) is 5.18. The molecule has 1 saturated heterocycles. The maximum absolute atomic E-state index is 13.3. The number of imidazole rings is 1. The van der Waals surface area contributed by atoms with E-state index in [1.807, 2.05) is 12.3 Å². The zero-order valence-corrected chi connectivity index (χ0v) is 19.3. The van der Waals surface area contributed by atoms with Gasteiger partial charge in [-0.3, -0.25) is 9.97 Å². The molecule has 0 radical (unpaired) electrons. The summed E-state index contributed by atoms with van der Waals surface area (Å²) in [6.45, 7) is 1.54. The van der Waals surface area contributed by atoms with Crippen LogP contribution in [0.15, 0.2) is 52.8 Å². The number of rotatable bonds is 3. The second kappa shape index (κ2) is 8.16. The molecule has 1 fully saturated rings. The molecule has 3 N–H and O–H groups in total. The summed E-state index contributed by atoms with van der Waals surface area (Å²) in [4.78, 5) is 26.7. The van der Waals surface area contributed by atoms with E-state index in [9.17, 15) is 13.2 Å². The van der Waals surface area contributed by atoms with Crippen LogP contribution in [0.2, 0.25) is 0 Å². The highest BCUT2D eigenvalue weighted by Crippen LogP contribution is 2.50. The van der Waals surface area contributed by atoms with Gasteiger partial charge in [-0.05, 0) is 48.4 Å². The number of nitrogens with one attached hydrogen (secondary N) is 1. The van der Waals surface area contributed by atoms with E-state index in [4.69, 9.17) is 5.73 Å². The number of piperidine rings is 1. The Hall–Kier alpha value is -3.25. The second-order valence-corrected chi connectivity index (χ2v) is 10.00. The van der Waals surface area contributed by atoms with Crippen molar-refractivity contribution in [3.63, 3.8) is 0 Å². The van der Waals surface area contributed by atoms with Gasteiger partial charge >= 0.3 is 6.18 Å². The van der Waals surface area contributed by atoms with Crippen LogP contribution in [0.4, 0.5) is 19.1 Å². The van der Waals surface area contributed by atoms with Gasteiger partial charge in [0.15, 0.2) is 17.0 Å². The number of anilines is 1. The number of pyridine rings is 2. The number of nitrogens with two attached hydrogens (primary N) is 1. The Bertz CT molecular complexity index is 1400. The van der Waals surface area contributed by atoms with E-state index in [1.165, 1.54) is 18.3 Å². The van der Waals surface area contributed by atoms with Crippen molar-refractivity contribution in [3.05, 3.63) is 59.8 Å². The van der Waals surface area contributed by atoms with Crippen molar-refractivity contribution < 1.29 is 13.2 Å². The van der Waals surface area contributed by atoms with Gasteiger partial charge in [0.2, 0.25) is 5.95 Å². The first-order valence-corrected chi connectivity index (χ1v) is 12.0. The molecule has 4 aromatic rings. The number of alkyl halides is 3. The number of aromatic nitrogens is 6. The average molecular weight is 499 g/mol. The van der Waals surface area contributed by atoms with Gasteiger partial charge in [-0.2, -0.15) is 18.2 Å². The molecule has 0 amide bonds. The standard InChI is InChI=1S/C23H21F3N8S/c24-23(25,26)18-15(4-2-8-29-18)35-16-12-30-19-20(31-16)33-21(32-19)34-9-5-22(6-10-34)11-14-13(17(22)27)3-1-7-28-14/h1-4,7-8,12,17H,5-6,9-11,27H2,(H,30,31,32,33)/t17-/m1/s1. The van der Waals surface area contributed by atoms with Crippen molar-refractivity contribution in [3.8, 4) is 0 Å². The van der Waals surface area contributed by atoms with E-state index in [-0.39, 0.29) is 16.4 Å². The summed E-state index contributed by atoms with van der Waals surface area (Å²) in [7, 11) is 0. The van der Waals surface area contributed by atoms with Gasteiger partial charge in [-0.15, -0.1) is 0 Å². The van der Waals surface area contributed by atoms with Crippen LogP contribution < -0.4 is 10.6 Å². The third kappa shape index (κ3) is 3.90. The van der Waals surface area contributed by atoms with Crippen molar-refractivity contribution >= 4 is 29.0 Å². The van der Waals surface area contributed by atoms with E-state index in [0.29, 0.717) is 22.3 Å². The molecule has 0 bridgehead atoms. The zero-order chi connectivity index (χ0) is 24.2. The summed E-state index contributed by atoms with van der Waals surface area (Å²) >= 11 is 0.864. The van der Waals surface area contributed by atoms with Crippen molar-refractivity contribution in [2.45, 2.75) is 41.4 Å². The fourth-order valence-corrected chi connectivity index (χ4v) is 5.94. The molecule has 1 aliphatic carbocycles. The Balaban J connectivity index is 1.19. The third-order valence-electron chi connectivity index (χ3n) is 6.93. The molecule has 0 aromatic carbocycles. The highest BCUT2D eigenvalue weighted by molar-refractivity contribution is 7.99. The summed E-state index contributed by atoms with van der Waals surface area (Å²) in [6.07, 6.45) is 2.53. The van der Waals surface area contributed by atoms with Gasteiger partial charge in [0.05, 0.1) is 6.20 Å². The zero-order valence-electron chi connectivity index (χ0n) is 18.5. The quantitative estimate of drug-likeness (QED) is 0.434. The SMILES string of the molecule is N[C@@H]1c2cccnc2CC12CCN(c1nc3nc(Sc4cccnc4C(F)(F)F)cnc3[nH]1)CC2. The van der Waals surface area contributed by atoms with E-state index < -0.39 is 11.9 Å². The maximum atomic E-state index is 13.3. The first-order valence-electron chi connectivity index (χ1n) is 11.2. The van der Waals surface area contributed by atoms with Crippen LogP contribution in [-0.4, -0.2) is 43.0 Å². The molecule has 0 saturated carbocycles. The largest absolute Gasteiger partial charge is 0.434 e. The molecule has 1 aliphatic heterocycles. The lowest BCUT2D eigenvalue weighted by Crippen LogP contribution is -2.44. The Morgan fingerprint density at radius 3 is 2.60 bits per heavy atom. The van der Waals surface area contributed by atoms with Gasteiger partial charge in [0.25, 0.3) is 0 Å². The van der Waals surface area contributed by atoms with Gasteiger partial charge in [-0.25, -0.2) is 9.97 Å². The second-order valence-electron chi connectivity index (χ2n) is 8.93. The lowest BCUT2D eigenvalue weighted by atomic mass is 9.73. The van der Waals surface area contributed by atoms with Crippen molar-refractivity contribution in [1.82, 2.24) is 29.9 Å². The predicted molar refractivity (Wildman–Crippen MR) is 124 cm³/mol. The number of aromatic amines is 1. The van der Waals surface area contributed by atoms with E-state index in [1.54, 1.807) is 0 Å². The van der Waals surface area contributed by atoms with E-state index in [0.717, 1.165) is 61.6 Å². The topological polar surface area (TPSA) is 110 Å². The summed E-state index contributed by atoms with van der Waals surface area (Å²) in [5.74, 6) is 0.650. The molecule has 4 aromatic heterocycles. The lowest BCUT2D eigenvalue weighted by Gasteiger charge is -2.41. The van der Waals surface area contributed by atoms with Crippen molar-refractivity contribution in [2.75, 3.05) is 18.0 Å². The van der Waals surface area contributed by atoms with Crippen LogP contribution in [0.3, 0.4) is 0 Å². The van der Waals surface area contributed by atoms with Gasteiger partial charge < -0.3 is 15.6 Å². The Morgan fingerprint density at radius 2 is 1.83 bits per heavy atom. The number of fused-ring (bicyclic) bond motifs is 2. The third-order valence-corrected chi connectivity index (χ3v) is 7.88. The van der Waals surface area contributed by atoms with Crippen LogP contribution in [0, 0.1) is 5.41 Å². The molecule has 1 atom stereocenters.